The quantitative estimate of drug-likeness (QED) is 0.732. The smallest absolute Gasteiger partial charge is 0.0754 e. The van der Waals surface area contributed by atoms with Gasteiger partial charge in [-0.05, 0) is 12.8 Å². The highest BCUT2D eigenvalue weighted by atomic mass is 15.4. The molecule has 4 nitrogen and oxygen atoms in total. The van der Waals surface area contributed by atoms with Gasteiger partial charge in [-0.3, -0.25) is 0 Å². The second kappa shape index (κ2) is 4.21. The van der Waals surface area contributed by atoms with E-state index in [1.165, 1.54) is 0 Å². The third-order valence-electron chi connectivity index (χ3n) is 1.90. The number of hydrogen-bond acceptors (Lipinski definition) is 3. The molecule has 0 amide bonds. The first-order valence-electron chi connectivity index (χ1n) is 4.43. The molecule has 2 N–H and O–H groups in total. The van der Waals surface area contributed by atoms with Crippen molar-refractivity contribution >= 4 is 0 Å². The summed E-state index contributed by atoms with van der Waals surface area (Å²) in [4.78, 5) is 0. The Balaban J connectivity index is 2.76. The molecular formula is C8H16N4. The largest absolute Gasteiger partial charge is 0.323 e. The van der Waals surface area contributed by atoms with Crippen LogP contribution in [0, 0.1) is 0 Å². The van der Waals surface area contributed by atoms with Crippen LogP contribution in [0.3, 0.4) is 0 Å². The van der Waals surface area contributed by atoms with Crippen LogP contribution in [0.15, 0.2) is 6.20 Å². The van der Waals surface area contributed by atoms with Gasteiger partial charge in [0.2, 0.25) is 0 Å². The lowest BCUT2D eigenvalue weighted by Crippen LogP contribution is -2.15. The van der Waals surface area contributed by atoms with Gasteiger partial charge in [-0.15, -0.1) is 5.10 Å². The van der Waals surface area contributed by atoms with Crippen molar-refractivity contribution in [1.82, 2.24) is 15.0 Å². The van der Waals surface area contributed by atoms with Crippen LogP contribution in [0.2, 0.25) is 0 Å². The lowest BCUT2D eigenvalue weighted by molar-refractivity contribution is 0.522. The molecule has 12 heavy (non-hydrogen) atoms. The molecule has 0 bridgehead atoms. The molecule has 0 fully saturated rings. The molecule has 1 aromatic heterocycles. The first kappa shape index (κ1) is 9.19. The number of rotatable bonds is 4. The summed E-state index contributed by atoms with van der Waals surface area (Å²) >= 11 is 0. The number of aryl methyl sites for hydroxylation is 1. The van der Waals surface area contributed by atoms with E-state index in [2.05, 4.69) is 24.2 Å². The van der Waals surface area contributed by atoms with E-state index in [0.29, 0.717) is 0 Å². The Morgan fingerprint density at radius 2 is 2.33 bits per heavy atom. The second-order valence-corrected chi connectivity index (χ2v) is 2.90. The van der Waals surface area contributed by atoms with Gasteiger partial charge in [0.15, 0.2) is 0 Å². The SMILES string of the molecule is CCCn1nncc1C(N)CC. The third-order valence-corrected chi connectivity index (χ3v) is 1.90. The predicted molar refractivity (Wildman–Crippen MR) is 47.5 cm³/mol. The Morgan fingerprint density at radius 3 is 2.92 bits per heavy atom. The molecule has 1 heterocycles. The van der Waals surface area contributed by atoms with Gasteiger partial charge in [0.25, 0.3) is 0 Å². The molecule has 0 spiro atoms. The highest BCUT2D eigenvalue weighted by molar-refractivity contribution is 5.00. The summed E-state index contributed by atoms with van der Waals surface area (Å²) in [6.45, 7) is 5.08. The van der Waals surface area contributed by atoms with Gasteiger partial charge in [-0.2, -0.15) is 0 Å². The molecule has 68 valence electrons. The Bertz CT molecular complexity index is 231. The summed E-state index contributed by atoms with van der Waals surface area (Å²) in [5.74, 6) is 0. The molecule has 1 rings (SSSR count). The summed E-state index contributed by atoms with van der Waals surface area (Å²) in [5.41, 5.74) is 6.91. The standard InChI is InChI=1S/C8H16N4/c1-3-5-12-8(6-10-11-12)7(9)4-2/h6-7H,3-5,9H2,1-2H3. The Hall–Kier alpha value is -0.900. The van der Waals surface area contributed by atoms with Crippen LogP contribution in [-0.4, -0.2) is 15.0 Å². The van der Waals surface area contributed by atoms with Gasteiger partial charge in [0.1, 0.15) is 0 Å². The van der Waals surface area contributed by atoms with Gasteiger partial charge < -0.3 is 5.73 Å². The van der Waals surface area contributed by atoms with Crippen molar-refractivity contribution in [3.8, 4) is 0 Å². The Kier molecular flexibility index (Phi) is 3.22. The normalized spacial score (nSPS) is 13.2. The number of aromatic nitrogens is 3. The monoisotopic (exact) mass is 168 g/mol. The van der Waals surface area contributed by atoms with E-state index in [0.717, 1.165) is 25.1 Å². The molecule has 0 saturated carbocycles. The minimum atomic E-state index is 0.0755. The average molecular weight is 168 g/mol. The van der Waals surface area contributed by atoms with Gasteiger partial charge in [-0.1, -0.05) is 19.1 Å². The first-order valence-corrected chi connectivity index (χ1v) is 4.43. The highest BCUT2D eigenvalue weighted by Crippen LogP contribution is 2.11. The molecule has 0 aliphatic heterocycles. The van der Waals surface area contributed by atoms with E-state index < -0.39 is 0 Å². The van der Waals surface area contributed by atoms with Gasteiger partial charge >= 0.3 is 0 Å². The zero-order chi connectivity index (χ0) is 8.97. The first-order chi connectivity index (χ1) is 5.79. The minimum absolute atomic E-state index is 0.0755. The molecule has 0 saturated heterocycles. The molecule has 1 unspecified atom stereocenters. The van der Waals surface area contributed by atoms with E-state index in [1.807, 2.05) is 4.68 Å². The summed E-state index contributed by atoms with van der Waals surface area (Å²) in [7, 11) is 0. The van der Waals surface area contributed by atoms with E-state index in [1.54, 1.807) is 6.20 Å². The fourth-order valence-electron chi connectivity index (χ4n) is 1.15. The maximum atomic E-state index is 5.87. The molecule has 0 aliphatic rings. The van der Waals surface area contributed by atoms with Gasteiger partial charge in [0.05, 0.1) is 11.9 Å². The lowest BCUT2D eigenvalue weighted by atomic mass is 10.2. The van der Waals surface area contributed by atoms with Crippen LogP contribution >= 0.6 is 0 Å². The van der Waals surface area contributed by atoms with Crippen molar-refractivity contribution in [2.24, 2.45) is 5.73 Å². The van der Waals surface area contributed by atoms with Crippen LogP contribution in [0.5, 0.6) is 0 Å². The lowest BCUT2D eigenvalue weighted by Gasteiger charge is -2.09. The maximum Gasteiger partial charge on any atom is 0.0754 e. The molecular weight excluding hydrogens is 152 g/mol. The second-order valence-electron chi connectivity index (χ2n) is 2.90. The number of hydrogen-bond donors (Lipinski definition) is 1. The van der Waals surface area contributed by atoms with E-state index >= 15 is 0 Å². The van der Waals surface area contributed by atoms with E-state index in [4.69, 9.17) is 5.73 Å². The molecule has 4 heteroatoms. The van der Waals surface area contributed by atoms with Crippen molar-refractivity contribution in [2.75, 3.05) is 0 Å². The zero-order valence-corrected chi connectivity index (χ0v) is 7.70. The van der Waals surface area contributed by atoms with Crippen LogP contribution < -0.4 is 5.73 Å². The predicted octanol–water partition coefficient (Wildman–Crippen LogP) is 1.10. The Morgan fingerprint density at radius 1 is 1.58 bits per heavy atom. The van der Waals surface area contributed by atoms with Crippen molar-refractivity contribution in [3.63, 3.8) is 0 Å². The number of nitrogens with zero attached hydrogens (tertiary/aromatic N) is 3. The average Bonchev–Trinajstić information content (AvgIpc) is 2.52. The van der Waals surface area contributed by atoms with Crippen LogP contribution in [0.1, 0.15) is 38.4 Å². The van der Waals surface area contributed by atoms with E-state index in [9.17, 15) is 0 Å². The van der Waals surface area contributed by atoms with Crippen molar-refractivity contribution < 1.29 is 0 Å². The summed E-state index contributed by atoms with van der Waals surface area (Å²) in [5, 5.41) is 7.80. The van der Waals surface area contributed by atoms with Crippen molar-refractivity contribution in [2.45, 2.75) is 39.3 Å². The van der Waals surface area contributed by atoms with E-state index in [-0.39, 0.29) is 6.04 Å². The minimum Gasteiger partial charge on any atom is -0.323 e. The topological polar surface area (TPSA) is 56.7 Å². The van der Waals surface area contributed by atoms with Crippen LogP contribution in [-0.2, 0) is 6.54 Å². The van der Waals surface area contributed by atoms with Crippen LogP contribution in [0.25, 0.3) is 0 Å². The third kappa shape index (κ3) is 1.82. The number of nitrogens with two attached hydrogens (primary N) is 1. The highest BCUT2D eigenvalue weighted by Gasteiger charge is 2.09. The maximum absolute atomic E-state index is 5.87. The van der Waals surface area contributed by atoms with Gasteiger partial charge in [0, 0.05) is 12.6 Å². The summed E-state index contributed by atoms with van der Waals surface area (Å²) in [6, 6.07) is 0.0755. The zero-order valence-electron chi connectivity index (χ0n) is 7.70. The summed E-state index contributed by atoms with van der Waals surface area (Å²) < 4.78 is 1.88. The van der Waals surface area contributed by atoms with Crippen LogP contribution in [0.4, 0.5) is 0 Å². The summed E-state index contributed by atoms with van der Waals surface area (Å²) in [6.07, 6.45) is 3.74. The van der Waals surface area contributed by atoms with Gasteiger partial charge in [-0.25, -0.2) is 4.68 Å². The molecule has 0 aliphatic carbocycles. The van der Waals surface area contributed by atoms with Crippen molar-refractivity contribution in [3.05, 3.63) is 11.9 Å². The fraction of sp³-hybridized carbons (Fsp3) is 0.750. The molecule has 0 radical (unpaired) electrons. The molecule has 1 atom stereocenters. The molecule has 0 aromatic carbocycles. The van der Waals surface area contributed by atoms with Crippen molar-refractivity contribution in [1.29, 1.82) is 0 Å². The Labute approximate surface area is 72.8 Å². The molecule has 1 aromatic rings. The fourth-order valence-corrected chi connectivity index (χ4v) is 1.15.